The summed E-state index contributed by atoms with van der Waals surface area (Å²) in [6.45, 7) is 0.839. The number of carboxylic acids is 1. The number of hydrogen-bond acceptors (Lipinski definition) is 8. The Morgan fingerprint density at radius 3 is 2.61 bits per heavy atom. The van der Waals surface area contributed by atoms with Crippen molar-refractivity contribution in [3.05, 3.63) is 98.6 Å². The number of hydrogen-bond donors (Lipinski definition) is 3. The maximum absolute atomic E-state index is 14.0. The molecule has 4 heterocycles. The molecule has 1 aromatic carbocycles. The second-order valence-electron chi connectivity index (χ2n) is 9.40. The van der Waals surface area contributed by atoms with Gasteiger partial charge in [-0.1, -0.05) is 18.2 Å². The van der Waals surface area contributed by atoms with Crippen molar-refractivity contribution in [3.8, 4) is 11.5 Å². The van der Waals surface area contributed by atoms with Crippen LogP contribution >= 0.6 is 22.7 Å². The highest BCUT2D eigenvalue weighted by atomic mass is 32.1. The van der Waals surface area contributed by atoms with Crippen LogP contribution in [0.1, 0.15) is 34.0 Å². The van der Waals surface area contributed by atoms with Gasteiger partial charge >= 0.3 is 12.0 Å². The van der Waals surface area contributed by atoms with E-state index in [0.29, 0.717) is 30.2 Å². The molecule has 10 nitrogen and oxygen atoms in total. The van der Waals surface area contributed by atoms with E-state index >= 15 is 0 Å². The zero-order valence-corrected chi connectivity index (χ0v) is 23.5. The number of rotatable bonds is 12. The van der Waals surface area contributed by atoms with Gasteiger partial charge in [-0.25, -0.2) is 4.79 Å². The monoisotopic (exact) mass is 592 g/mol. The van der Waals surface area contributed by atoms with Gasteiger partial charge < -0.3 is 30.1 Å². The molecule has 3 aromatic heterocycles. The number of thiophene rings is 2. The molecule has 0 aliphatic carbocycles. The standard InChI is InChI=1S/C29H28N4O6S2/c34-27(35)13-23(21-5-6-25-26(12-21)39-18-38-25)31-29(37)32-24(11-19-3-1-8-30-14-19)28(36)33(15-20-7-10-40-17-20)16-22-4-2-9-41-22/h1-10,12,14,17,23-24H,11,13,15-16,18H2,(H,34,35)(H2,31,32,37)/t23-,24-/m0/s1. The summed E-state index contributed by atoms with van der Waals surface area (Å²) in [6, 6.07) is 12.0. The highest BCUT2D eigenvalue weighted by molar-refractivity contribution is 7.09. The fourth-order valence-corrected chi connectivity index (χ4v) is 5.87. The van der Waals surface area contributed by atoms with Crippen LogP contribution in [0.2, 0.25) is 0 Å². The van der Waals surface area contributed by atoms with E-state index in [1.54, 1.807) is 64.2 Å². The van der Waals surface area contributed by atoms with E-state index in [9.17, 15) is 19.5 Å². The van der Waals surface area contributed by atoms with Crippen LogP contribution in [0, 0.1) is 0 Å². The quantitative estimate of drug-likeness (QED) is 0.219. The number of urea groups is 1. The SMILES string of the molecule is O=C(O)C[C@H](NC(=O)N[C@@H](Cc1cccnc1)C(=O)N(Cc1ccsc1)Cc1cccs1)c1ccc2c(c1)OCO2. The summed E-state index contributed by atoms with van der Waals surface area (Å²) < 4.78 is 10.8. The fraction of sp³-hybridized carbons (Fsp3) is 0.241. The van der Waals surface area contributed by atoms with Crippen molar-refractivity contribution < 1.29 is 29.0 Å². The third-order valence-corrected chi connectivity index (χ3v) is 8.03. The van der Waals surface area contributed by atoms with Crippen LogP contribution in [0.4, 0.5) is 4.79 Å². The molecule has 0 unspecified atom stereocenters. The van der Waals surface area contributed by atoms with E-state index in [4.69, 9.17) is 9.47 Å². The van der Waals surface area contributed by atoms with Crippen LogP contribution in [0.25, 0.3) is 0 Å². The Morgan fingerprint density at radius 2 is 1.88 bits per heavy atom. The average molecular weight is 593 g/mol. The van der Waals surface area contributed by atoms with Gasteiger partial charge in [-0.3, -0.25) is 14.6 Å². The zero-order valence-electron chi connectivity index (χ0n) is 21.9. The molecule has 0 saturated carbocycles. The molecule has 0 fully saturated rings. The molecule has 3 amide bonds. The Morgan fingerprint density at radius 1 is 1.00 bits per heavy atom. The minimum absolute atomic E-state index is 0.0712. The van der Waals surface area contributed by atoms with Gasteiger partial charge in [-0.15, -0.1) is 11.3 Å². The van der Waals surface area contributed by atoms with E-state index < -0.39 is 24.1 Å². The van der Waals surface area contributed by atoms with E-state index in [1.807, 2.05) is 40.4 Å². The number of aliphatic carboxylic acids is 1. The van der Waals surface area contributed by atoms with Gasteiger partial charge in [0.25, 0.3) is 0 Å². The molecule has 1 aliphatic rings. The minimum Gasteiger partial charge on any atom is -0.481 e. The molecule has 2 atom stereocenters. The maximum atomic E-state index is 14.0. The highest BCUT2D eigenvalue weighted by Gasteiger charge is 2.29. The van der Waals surface area contributed by atoms with E-state index in [2.05, 4.69) is 15.6 Å². The lowest BCUT2D eigenvalue weighted by Gasteiger charge is -2.28. The Kier molecular flexibility index (Phi) is 9.12. The fourth-order valence-electron chi connectivity index (χ4n) is 4.50. The van der Waals surface area contributed by atoms with Crippen LogP contribution in [-0.2, 0) is 29.1 Å². The van der Waals surface area contributed by atoms with E-state index in [1.165, 1.54) is 0 Å². The van der Waals surface area contributed by atoms with Crippen molar-refractivity contribution in [2.75, 3.05) is 6.79 Å². The van der Waals surface area contributed by atoms with Gasteiger partial charge in [-0.05, 0) is 63.2 Å². The van der Waals surface area contributed by atoms with Crippen molar-refractivity contribution in [1.29, 1.82) is 0 Å². The van der Waals surface area contributed by atoms with Gasteiger partial charge in [0.2, 0.25) is 12.7 Å². The normalized spacial score (nSPS) is 13.3. The summed E-state index contributed by atoms with van der Waals surface area (Å²) in [7, 11) is 0. The number of fused-ring (bicyclic) bond motifs is 1. The number of nitrogens with zero attached hydrogens (tertiary/aromatic N) is 2. The van der Waals surface area contributed by atoms with Crippen molar-refractivity contribution in [3.63, 3.8) is 0 Å². The van der Waals surface area contributed by atoms with Crippen LogP contribution in [0.15, 0.2) is 77.1 Å². The molecule has 0 saturated heterocycles. The molecule has 12 heteroatoms. The Labute approximate surface area is 244 Å². The molecule has 41 heavy (non-hydrogen) atoms. The Balaban J connectivity index is 1.37. The second-order valence-corrected chi connectivity index (χ2v) is 11.2. The molecule has 4 aromatic rings. The first kappa shape index (κ1) is 28.1. The lowest BCUT2D eigenvalue weighted by atomic mass is 10.0. The largest absolute Gasteiger partial charge is 0.481 e. The van der Waals surface area contributed by atoms with Crippen molar-refractivity contribution in [1.82, 2.24) is 20.5 Å². The molecule has 212 valence electrons. The van der Waals surface area contributed by atoms with Gasteiger partial charge in [0.05, 0.1) is 19.0 Å². The van der Waals surface area contributed by atoms with Gasteiger partial charge in [0, 0.05) is 30.2 Å². The smallest absolute Gasteiger partial charge is 0.315 e. The molecule has 0 bridgehead atoms. The number of pyridine rings is 1. The zero-order chi connectivity index (χ0) is 28.6. The Hall–Kier alpha value is -4.42. The van der Waals surface area contributed by atoms with Crippen LogP contribution in [0.5, 0.6) is 11.5 Å². The predicted molar refractivity (Wildman–Crippen MR) is 154 cm³/mol. The summed E-state index contributed by atoms with van der Waals surface area (Å²) in [5.41, 5.74) is 2.31. The summed E-state index contributed by atoms with van der Waals surface area (Å²) in [5.74, 6) is -0.330. The number of nitrogens with one attached hydrogen (secondary N) is 2. The molecule has 1 aliphatic heterocycles. The van der Waals surface area contributed by atoms with Gasteiger partial charge in [0.1, 0.15) is 6.04 Å². The lowest BCUT2D eigenvalue weighted by molar-refractivity contribution is -0.137. The number of carboxylic acid groups (broad SMARTS) is 1. The van der Waals surface area contributed by atoms with Crippen LogP contribution in [-0.4, -0.2) is 45.7 Å². The predicted octanol–water partition coefficient (Wildman–Crippen LogP) is 4.59. The highest BCUT2D eigenvalue weighted by Crippen LogP contribution is 2.34. The molecule has 0 radical (unpaired) electrons. The van der Waals surface area contributed by atoms with Crippen molar-refractivity contribution >= 4 is 40.6 Å². The first-order valence-corrected chi connectivity index (χ1v) is 14.7. The number of ether oxygens (including phenoxy) is 2. The summed E-state index contributed by atoms with van der Waals surface area (Å²) in [6.07, 6.45) is 3.14. The molecular formula is C29H28N4O6S2. The molecular weight excluding hydrogens is 564 g/mol. The number of carbonyl (C=O) groups excluding carboxylic acids is 2. The Bertz CT molecular complexity index is 1430. The van der Waals surface area contributed by atoms with Gasteiger partial charge in [0.15, 0.2) is 11.5 Å². The second kappa shape index (κ2) is 13.3. The summed E-state index contributed by atoms with van der Waals surface area (Å²) in [5, 5.41) is 21.0. The first-order valence-electron chi connectivity index (χ1n) is 12.8. The minimum atomic E-state index is -1.09. The third-order valence-electron chi connectivity index (χ3n) is 6.44. The topological polar surface area (TPSA) is 130 Å². The van der Waals surface area contributed by atoms with E-state index in [-0.39, 0.29) is 25.5 Å². The van der Waals surface area contributed by atoms with Crippen LogP contribution < -0.4 is 20.1 Å². The third kappa shape index (κ3) is 7.62. The van der Waals surface area contributed by atoms with E-state index in [0.717, 1.165) is 16.0 Å². The number of benzene rings is 1. The van der Waals surface area contributed by atoms with Gasteiger partial charge in [-0.2, -0.15) is 11.3 Å². The maximum Gasteiger partial charge on any atom is 0.315 e. The lowest BCUT2D eigenvalue weighted by Crippen LogP contribution is -2.52. The summed E-state index contributed by atoms with van der Waals surface area (Å²) >= 11 is 3.11. The number of amides is 3. The molecule has 0 spiro atoms. The average Bonchev–Trinajstić information content (AvgIpc) is 3.75. The van der Waals surface area contributed by atoms with Crippen LogP contribution in [0.3, 0.4) is 0 Å². The molecule has 3 N–H and O–H groups in total. The first-order chi connectivity index (χ1) is 19.9. The summed E-state index contributed by atoms with van der Waals surface area (Å²) in [4.78, 5) is 46.0. The van der Waals surface area contributed by atoms with Crippen molar-refractivity contribution in [2.45, 2.75) is 38.0 Å². The number of carbonyl (C=O) groups is 3. The van der Waals surface area contributed by atoms with Crippen molar-refractivity contribution in [2.24, 2.45) is 0 Å². The molecule has 5 rings (SSSR count). The number of aromatic nitrogens is 1.